The molecule has 2 aromatic carbocycles. The van der Waals surface area contributed by atoms with Gasteiger partial charge >= 0.3 is 11.9 Å². The molecule has 2 aromatic rings. The number of aromatic hydroxyl groups is 2. The second-order valence-electron chi connectivity index (χ2n) is 10.4. The van der Waals surface area contributed by atoms with Gasteiger partial charge < -0.3 is 43.7 Å². The Balaban J connectivity index is 2.36. The zero-order chi connectivity index (χ0) is 31.4. The maximum Gasteiger partial charge on any atom is 0.306 e. The van der Waals surface area contributed by atoms with E-state index in [1.54, 1.807) is 18.2 Å². The van der Waals surface area contributed by atoms with Crippen LogP contribution < -0.4 is 18.9 Å². The minimum absolute atomic E-state index is 0.0467. The Bertz CT molecular complexity index is 1190. The maximum atomic E-state index is 12.3. The van der Waals surface area contributed by atoms with Crippen molar-refractivity contribution in [2.24, 2.45) is 11.8 Å². The van der Waals surface area contributed by atoms with Gasteiger partial charge in [0.25, 0.3) is 0 Å². The Morgan fingerprint density at radius 3 is 1.88 bits per heavy atom. The molecule has 1 unspecified atom stereocenters. The molecule has 0 radical (unpaired) electrons. The number of ether oxygens (including phenoxy) is 6. The Labute approximate surface area is 246 Å². The topological polar surface area (TPSA) is 150 Å². The van der Waals surface area contributed by atoms with Crippen LogP contribution in [0.2, 0.25) is 0 Å². The van der Waals surface area contributed by atoms with Crippen LogP contribution in [0, 0.1) is 11.8 Å². The van der Waals surface area contributed by atoms with E-state index >= 15 is 0 Å². The molecule has 0 saturated heterocycles. The lowest BCUT2D eigenvalue weighted by atomic mass is 10.0. The third-order valence-electron chi connectivity index (χ3n) is 5.95. The fourth-order valence-electron chi connectivity index (χ4n) is 3.90. The summed E-state index contributed by atoms with van der Waals surface area (Å²) in [6, 6.07) is 5.79. The molecule has 0 bridgehead atoms. The van der Waals surface area contributed by atoms with Crippen molar-refractivity contribution in [2.45, 2.75) is 52.7 Å². The molecule has 3 N–H and O–H groups in total. The Morgan fingerprint density at radius 2 is 1.36 bits per heavy atom. The van der Waals surface area contributed by atoms with E-state index in [4.69, 9.17) is 28.4 Å². The highest BCUT2D eigenvalue weighted by Gasteiger charge is 2.29. The summed E-state index contributed by atoms with van der Waals surface area (Å²) in [5.74, 6) is -0.982. The van der Waals surface area contributed by atoms with E-state index in [0.29, 0.717) is 12.0 Å². The van der Waals surface area contributed by atoms with Crippen LogP contribution >= 0.6 is 0 Å². The van der Waals surface area contributed by atoms with Crippen molar-refractivity contribution in [1.82, 2.24) is 0 Å². The van der Waals surface area contributed by atoms with Crippen molar-refractivity contribution in [3.05, 3.63) is 41.5 Å². The molecule has 0 aliphatic rings. The van der Waals surface area contributed by atoms with Gasteiger partial charge in [-0.2, -0.15) is 0 Å². The lowest BCUT2D eigenvalue weighted by Gasteiger charge is -2.26. The molecule has 11 heteroatoms. The molecular weight excluding hydrogens is 548 g/mol. The summed E-state index contributed by atoms with van der Waals surface area (Å²) in [6.45, 7) is 7.27. The van der Waals surface area contributed by atoms with Crippen molar-refractivity contribution >= 4 is 18.0 Å². The molecule has 0 amide bonds. The van der Waals surface area contributed by atoms with E-state index in [1.807, 2.05) is 27.7 Å². The number of phenols is 2. The second kappa shape index (κ2) is 16.4. The molecule has 2 atom stereocenters. The second-order valence-corrected chi connectivity index (χ2v) is 10.4. The van der Waals surface area contributed by atoms with Crippen LogP contribution in [0.4, 0.5) is 0 Å². The van der Waals surface area contributed by atoms with Gasteiger partial charge in [0.1, 0.15) is 19.3 Å². The van der Waals surface area contributed by atoms with Gasteiger partial charge in [-0.15, -0.1) is 0 Å². The van der Waals surface area contributed by atoms with Crippen LogP contribution in [0.25, 0.3) is 6.08 Å². The van der Waals surface area contributed by atoms with Gasteiger partial charge in [0.05, 0.1) is 21.3 Å². The number of carbonyl (C=O) groups excluding carboxylic acids is 2. The van der Waals surface area contributed by atoms with E-state index in [0.717, 1.165) is 0 Å². The number of esters is 2. The summed E-state index contributed by atoms with van der Waals surface area (Å²) in [5.41, 5.74) is 0.765. The summed E-state index contributed by atoms with van der Waals surface area (Å²) >= 11 is 0. The van der Waals surface area contributed by atoms with E-state index in [1.165, 1.54) is 39.5 Å². The molecule has 0 aliphatic carbocycles. The minimum Gasteiger partial charge on any atom is -0.504 e. The summed E-state index contributed by atoms with van der Waals surface area (Å²) in [7, 11) is 4.08. The predicted molar refractivity (Wildman–Crippen MR) is 155 cm³/mol. The fourth-order valence-corrected chi connectivity index (χ4v) is 3.90. The van der Waals surface area contributed by atoms with Gasteiger partial charge in [-0.1, -0.05) is 33.8 Å². The van der Waals surface area contributed by atoms with Gasteiger partial charge in [0.2, 0.25) is 11.5 Å². The first kappa shape index (κ1) is 34.1. The van der Waals surface area contributed by atoms with Gasteiger partial charge in [-0.25, -0.2) is 0 Å². The van der Waals surface area contributed by atoms with Gasteiger partial charge in [-0.3, -0.25) is 9.59 Å². The quantitative estimate of drug-likeness (QED) is 0.231. The fraction of sp³-hybridized carbons (Fsp3) is 0.484. The summed E-state index contributed by atoms with van der Waals surface area (Å²) < 4.78 is 32.4. The number of carbonyl (C=O) groups is 2. The number of hydrogen-bond acceptors (Lipinski definition) is 11. The third kappa shape index (κ3) is 10.1. The lowest BCUT2D eigenvalue weighted by molar-refractivity contribution is -0.149. The van der Waals surface area contributed by atoms with E-state index in [-0.39, 0.29) is 77.5 Å². The molecule has 232 valence electrons. The van der Waals surface area contributed by atoms with Crippen LogP contribution in [0.3, 0.4) is 0 Å². The predicted octanol–water partition coefficient (Wildman–Crippen LogP) is 4.80. The first-order valence-electron chi connectivity index (χ1n) is 13.6. The van der Waals surface area contributed by atoms with E-state index in [2.05, 4.69) is 0 Å². The van der Waals surface area contributed by atoms with Gasteiger partial charge in [0.15, 0.2) is 29.1 Å². The Hall–Kier alpha value is -4.12. The molecule has 42 heavy (non-hydrogen) atoms. The highest BCUT2D eigenvalue weighted by Crippen LogP contribution is 2.42. The number of aliphatic hydroxyl groups is 1. The van der Waals surface area contributed by atoms with Gasteiger partial charge in [-0.05, 0) is 53.3 Å². The van der Waals surface area contributed by atoms with Crippen molar-refractivity contribution in [3.63, 3.8) is 0 Å². The van der Waals surface area contributed by atoms with Crippen LogP contribution in [0.15, 0.2) is 30.3 Å². The first-order chi connectivity index (χ1) is 19.9. The maximum absolute atomic E-state index is 12.3. The number of hydrogen-bond donors (Lipinski definition) is 3. The Kier molecular flexibility index (Phi) is 13.3. The lowest BCUT2D eigenvalue weighted by Crippen LogP contribution is -2.32. The van der Waals surface area contributed by atoms with Gasteiger partial charge in [0, 0.05) is 12.8 Å². The standard InChI is InChI=1S/C31H42O11/c1-18(2)11-27(33)40-10-8-9-20-13-22(32)31(25(14-20)39-7)42-26(17-41-28(34)12-19(3)4)29(35)21-15-23(37-5)30(36)24(16-21)38-6/h8-9,13-16,18-19,26,29,32,35-36H,10-12,17H2,1-7H3/b9-8+/t26?,29-/m1/s1. The van der Waals surface area contributed by atoms with Crippen molar-refractivity contribution in [3.8, 4) is 34.5 Å². The molecule has 0 aliphatic heterocycles. The molecule has 0 heterocycles. The smallest absolute Gasteiger partial charge is 0.306 e. The zero-order valence-corrected chi connectivity index (χ0v) is 25.2. The third-order valence-corrected chi connectivity index (χ3v) is 5.95. The monoisotopic (exact) mass is 590 g/mol. The van der Waals surface area contributed by atoms with Crippen molar-refractivity contribution < 1.29 is 53.3 Å². The summed E-state index contributed by atoms with van der Waals surface area (Å²) in [5, 5.41) is 32.5. The van der Waals surface area contributed by atoms with Crippen LogP contribution in [-0.4, -0.2) is 67.9 Å². The molecule has 0 fully saturated rings. The minimum atomic E-state index is -1.43. The normalized spacial score (nSPS) is 12.7. The SMILES string of the molecule is COc1cc([C@@H](O)C(COC(=O)CC(C)C)Oc2c(O)cc(/C=C/COC(=O)CC(C)C)cc2OC)cc(OC)c1O. The highest BCUT2D eigenvalue weighted by atomic mass is 16.6. The van der Waals surface area contributed by atoms with Crippen LogP contribution in [0.5, 0.6) is 34.5 Å². The van der Waals surface area contributed by atoms with Crippen LogP contribution in [0.1, 0.15) is 57.8 Å². The van der Waals surface area contributed by atoms with Crippen molar-refractivity contribution in [2.75, 3.05) is 34.5 Å². The van der Waals surface area contributed by atoms with Crippen LogP contribution in [-0.2, 0) is 19.1 Å². The van der Waals surface area contributed by atoms with Crippen molar-refractivity contribution in [1.29, 1.82) is 0 Å². The first-order valence-corrected chi connectivity index (χ1v) is 13.6. The average Bonchev–Trinajstić information content (AvgIpc) is 2.93. The summed E-state index contributed by atoms with van der Waals surface area (Å²) in [4.78, 5) is 24.1. The average molecular weight is 591 g/mol. The van der Waals surface area contributed by atoms with E-state index < -0.39 is 18.2 Å². The zero-order valence-electron chi connectivity index (χ0n) is 25.2. The molecule has 0 aromatic heterocycles. The Morgan fingerprint density at radius 1 is 0.810 bits per heavy atom. The molecule has 0 spiro atoms. The number of rotatable bonds is 16. The van der Waals surface area contributed by atoms with E-state index in [9.17, 15) is 24.9 Å². The number of aliphatic hydroxyl groups excluding tert-OH is 1. The number of methoxy groups -OCH3 is 3. The molecule has 0 saturated carbocycles. The number of benzene rings is 2. The molecule has 11 nitrogen and oxygen atoms in total. The largest absolute Gasteiger partial charge is 0.504 e. The molecule has 2 rings (SSSR count). The summed E-state index contributed by atoms with van der Waals surface area (Å²) in [6.07, 6.45) is 1.10. The number of phenolic OH excluding ortho intramolecular Hbond substituents is 2. The molecular formula is C31H42O11. The highest BCUT2D eigenvalue weighted by molar-refractivity contribution is 5.70.